The highest BCUT2D eigenvalue weighted by Crippen LogP contribution is 2.20. The first-order valence-electron chi connectivity index (χ1n) is 5.91. The zero-order valence-corrected chi connectivity index (χ0v) is 12.7. The number of carbonyl (C=O) groups excluding carboxylic acids is 2. The van der Waals surface area contributed by atoms with E-state index >= 15 is 0 Å². The molecule has 0 aliphatic carbocycles. The van der Waals surface area contributed by atoms with Crippen molar-refractivity contribution in [3.05, 3.63) is 45.5 Å². The van der Waals surface area contributed by atoms with Crippen LogP contribution in [0.4, 0.5) is 0 Å². The molecule has 1 amide bonds. The monoisotopic (exact) mass is 315 g/mol. The van der Waals surface area contributed by atoms with Gasteiger partial charge in [-0.3, -0.25) is 4.79 Å². The molecule has 0 unspecified atom stereocenters. The zero-order chi connectivity index (χ0) is 15.1. The van der Waals surface area contributed by atoms with Crippen molar-refractivity contribution in [2.24, 2.45) is 0 Å². The molecule has 108 valence electrons. The van der Waals surface area contributed by atoms with Crippen molar-refractivity contribution in [2.45, 2.75) is 20.4 Å². The molecule has 0 aliphatic rings. The normalized spacial score (nSPS) is 9.80. The number of ether oxygens (including phenoxy) is 1. The Labute approximate surface area is 127 Å². The third-order valence-corrected chi connectivity index (χ3v) is 2.83. The van der Waals surface area contributed by atoms with E-state index in [1.807, 2.05) is 0 Å². The summed E-state index contributed by atoms with van der Waals surface area (Å²) < 4.78 is 4.77. The number of benzene rings is 1. The van der Waals surface area contributed by atoms with Gasteiger partial charge in [0, 0.05) is 22.7 Å². The van der Waals surface area contributed by atoms with Crippen LogP contribution in [0.1, 0.15) is 19.4 Å². The highest BCUT2D eigenvalue weighted by atomic mass is 35.5. The molecular weight excluding hydrogens is 301 g/mol. The number of amides is 1. The average Bonchev–Trinajstić information content (AvgIpc) is 2.34. The zero-order valence-electron chi connectivity index (χ0n) is 11.2. The summed E-state index contributed by atoms with van der Waals surface area (Å²) in [7, 11) is 0. The Morgan fingerprint density at radius 2 is 2.00 bits per heavy atom. The number of allylic oxidation sites excluding steroid dienone is 1. The summed E-state index contributed by atoms with van der Waals surface area (Å²) in [5.41, 5.74) is 1.54. The van der Waals surface area contributed by atoms with Gasteiger partial charge in [0.1, 0.15) is 0 Å². The molecule has 4 nitrogen and oxygen atoms in total. The van der Waals surface area contributed by atoms with Gasteiger partial charge in [0.2, 0.25) is 0 Å². The standard InChI is InChI=1S/C14H15Cl2NO3/c1-9(2)5-14(19)20-8-13(18)17-7-10-3-4-11(15)6-12(10)16/h3-6H,7-8H2,1-2H3,(H,17,18). The first kappa shape index (κ1) is 16.5. The van der Waals surface area contributed by atoms with Crippen LogP contribution in [-0.4, -0.2) is 18.5 Å². The number of nitrogens with one attached hydrogen (secondary N) is 1. The minimum atomic E-state index is -0.537. The van der Waals surface area contributed by atoms with E-state index < -0.39 is 11.9 Å². The Bertz CT molecular complexity index is 537. The number of halogens is 2. The lowest BCUT2D eigenvalue weighted by atomic mass is 10.2. The second-order valence-electron chi connectivity index (χ2n) is 4.34. The first-order chi connectivity index (χ1) is 9.38. The van der Waals surface area contributed by atoms with E-state index in [4.69, 9.17) is 27.9 Å². The largest absolute Gasteiger partial charge is 0.452 e. The molecule has 0 radical (unpaired) electrons. The van der Waals surface area contributed by atoms with Gasteiger partial charge in [-0.1, -0.05) is 34.8 Å². The Morgan fingerprint density at radius 3 is 2.60 bits per heavy atom. The van der Waals surface area contributed by atoms with E-state index in [-0.39, 0.29) is 13.2 Å². The van der Waals surface area contributed by atoms with Gasteiger partial charge in [0.25, 0.3) is 5.91 Å². The molecular formula is C14H15Cl2NO3. The van der Waals surface area contributed by atoms with Crippen LogP contribution in [0.3, 0.4) is 0 Å². The molecule has 0 fully saturated rings. The molecule has 0 saturated heterocycles. The Morgan fingerprint density at radius 1 is 1.30 bits per heavy atom. The molecule has 20 heavy (non-hydrogen) atoms. The summed E-state index contributed by atoms with van der Waals surface area (Å²) in [6.45, 7) is 3.45. The van der Waals surface area contributed by atoms with Crippen molar-refractivity contribution in [1.82, 2.24) is 5.32 Å². The van der Waals surface area contributed by atoms with Crippen LogP contribution in [0.2, 0.25) is 10.0 Å². The summed E-state index contributed by atoms with van der Waals surface area (Å²) in [6, 6.07) is 5.00. The SMILES string of the molecule is CC(C)=CC(=O)OCC(=O)NCc1ccc(Cl)cc1Cl. The number of hydrogen-bond donors (Lipinski definition) is 1. The summed E-state index contributed by atoms with van der Waals surface area (Å²) >= 11 is 11.7. The predicted molar refractivity (Wildman–Crippen MR) is 78.7 cm³/mol. The molecule has 0 bridgehead atoms. The van der Waals surface area contributed by atoms with Gasteiger partial charge in [-0.05, 0) is 31.5 Å². The van der Waals surface area contributed by atoms with Crippen LogP contribution in [-0.2, 0) is 20.9 Å². The van der Waals surface area contributed by atoms with E-state index in [1.165, 1.54) is 6.08 Å². The van der Waals surface area contributed by atoms with E-state index in [2.05, 4.69) is 5.32 Å². The van der Waals surface area contributed by atoms with Gasteiger partial charge < -0.3 is 10.1 Å². The van der Waals surface area contributed by atoms with Gasteiger partial charge in [0.05, 0.1) is 0 Å². The molecule has 0 aliphatic heterocycles. The first-order valence-corrected chi connectivity index (χ1v) is 6.66. The fourth-order valence-electron chi connectivity index (χ4n) is 1.32. The van der Waals surface area contributed by atoms with Crippen molar-refractivity contribution in [3.8, 4) is 0 Å². The fourth-order valence-corrected chi connectivity index (χ4v) is 1.80. The second-order valence-corrected chi connectivity index (χ2v) is 5.19. The predicted octanol–water partition coefficient (Wildman–Crippen LogP) is 3.12. The third kappa shape index (κ3) is 6.08. The third-order valence-electron chi connectivity index (χ3n) is 2.24. The molecule has 0 aromatic heterocycles. The summed E-state index contributed by atoms with van der Waals surface area (Å²) in [6.07, 6.45) is 1.32. The molecule has 0 saturated carbocycles. The van der Waals surface area contributed by atoms with Gasteiger partial charge in [0.15, 0.2) is 6.61 Å². The fraction of sp³-hybridized carbons (Fsp3) is 0.286. The number of carbonyl (C=O) groups is 2. The number of hydrogen-bond acceptors (Lipinski definition) is 3. The maximum absolute atomic E-state index is 11.5. The van der Waals surface area contributed by atoms with Crippen LogP contribution >= 0.6 is 23.2 Å². The molecule has 1 aromatic rings. The molecule has 0 atom stereocenters. The van der Waals surface area contributed by atoms with Crippen molar-refractivity contribution >= 4 is 35.1 Å². The van der Waals surface area contributed by atoms with Gasteiger partial charge in [-0.25, -0.2) is 4.79 Å². The van der Waals surface area contributed by atoms with Crippen LogP contribution in [0, 0.1) is 0 Å². The summed E-state index contributed by atoms with van der Waals surface area (Å²) in [5, 5.41) is 3.60. The molecule has 0 heterocycles. The van der Waals surface area contributed by atoms with Crippen LogP contribution < -0.4 is 5.32 Å². The van der Waals surface area contributed by atoms with E-state index in [9.17, 15) is 9.59 Å². The lowest BCUT2D eigenvalue weighted by Crippen LogP contribution is -2.28. The molecule has 1 rings (SSSR count). The lowest BCUT2D eigenvalue weighted by Gasteiger charge is -2.07. The van der Waals surface area contributed by atoms with Crippen molar-refractivity contribution < 1.29 is 14.3 Å². The van der Waals surface area contributed by atoms with Crippen LogP contribution in [0.15, 0.2) is 29.8 Å². The summed E-state index contributed by atoms with van der Waals surface area (Å²) in [5.74, 6) is -0.934. The minimum absolute atomic E-state index is 0.245. The van der Waals surface area contributed by atoms with E-state index in [1.54, 1.807) is 32.0 Å². The van der Waals surface area contributed by atoms with Gasteiger partial charge >= 0.3 is 5.97 Å². The van der Waals surface area contributed by atoms with E-state index in [0.29, 0.717) is 10.0 Å². The highest BCUT2D eigenvalue weighted by Gasteiger charge is 2.07. The van der Waals surface area contributed by atoms with Gasteiger partial charge in [-0.2, -0.15) is 0 Å². The van der Waals surface area contributed by atoms with Crippen LogP contribution in [0.25, 0.3) is 0 Å². The summed E-state index contributed by atoms with van der Waals surface area (Å²) in [4.78, 5) is 22.7. The molecule has 0 spiro atoms. The minimum Gasteiger partial charge on any atom is -0.452 e. The van der Waals surface area contributed by atoms with Gasteiger partial charge in [-0.15, -0.1) is 0 Å². The molecule has 6 heteroatoms. The van der Waals surface area contributed by atoms with Crippen molar-refractivity contribution in [3.63, 3.8) is 0 Å². The Kier molecular flexibility index (Phi) is 6.55. The smallest absolute Gasteiger partial charge is 0.331 e. The maximum atomic E-state index is 11.5. The lowest BCUT2D eigenvalue weighted by molar-refractivity contribution is -0.143. The Hall–Kier alpha value is -1.52. The van der Waals surface area contributed by atoms with Crippen molar-refractivity contribution in [2.75, 3.05) is 6.61 Å². The van der Waals surface area contributed by atoms with E-state index in [0.717, 1.165) is 11.1 Å². The van der Waals surface area contributed by atoms with Crippen LogP contribution in [0.5, 0.6) is 0 Å². The quantitative estimate of drug-likeness (QED) is 0.671. The second kappa shape index (κ2) is 7.92. The molecule has 1 aromatic carbocycles. The van der Waals surface area contributed by atoms with Crippen molar-refractivity contribution in [1.29, 1.82) is 0 Å². The number of rotatable bonds is 5. The molecule has 1 N–H and O–H groups in total. The average molecular weight is 316 g/mol. The maximum Gasteiger partial charge on any atom is 0.331 e. The Balaban J connectivity index is 2.40. The number of esters is 1. The topological polar surface area (TPSA) is 55.4 Å². The highest BCUT2D eigenvalue weighted by molar-refractivity contribution is 6.35.